The number of hydrogen-bond donors (Lipinski definition) is 0. The number of benzene rings is 1. The molecule has 0 radical (unpaired) electrons. The lowest BCUT2D eigenvalue weighted by Crippen LogP contribution is -2.49. The van der Waals surface area contributed by atoms with Crippen LogP contribution in [0.25, 0.3) is 0 Å². The Balaban J connectivity index is 1.66. The minimum atomic E-state index is -0.375. The van der Waals surface area contributed by atoms with Gasteiger partial charge in [0, 0.05) is 19.0 Å². The summed E-state index contributed by atoms with van der Waals surface area (Å²) in [5.41, 5.74) is 0.683. The molecule has 20 heavy (non-hydrogen) atoms. The van der Waals surface area contributed by atoms with Crippen LogP contribution in [0.3, 0.4) is 0 Å². The van der Waals surface area contributed by atoms with Crippen molar-refractivity contribution in [1.29, 1.82) is 0 Å². The Bertz CT molecular complexity index is 523. The second-order valence-corrected chi connectivity index (χ2v) is 6.26. The smallest absolute Gasteiger partial charge is 0.167 e. The number of carbonyl (C=O) groups excluding carboxylic acids is 1. The van der Waals surface area contributed by atoms with E-state index in [-0.39, 0.29) is 24.1 Å². The van der Waals surface area contributed by atoms with Gasteiger partial charge in [0.2, 0.25) is 0 Å². The van der Waals surface area contributed by atoms with E-state index in [0.29, 0.717) is 29.2 Å². The third-order valence-corrected chi connectivity index (χ3v) is 5.03. The van der Waals surface area contributed by atoms with Crippen LogP contribution in [0.1, 0.15) is 18.4 Å². The summed E-state index contributed by atoms with van der Waals surface area (Å²) in [4.78, 5) is 14.7. The maximum absolute atomic E-state index is 13.5. The average molecular weight is 342 g/mol. The fourth-order valence-corrected chi connectivity index (χ4v) is 3.40. The fraction of sp³-hybridized carbons (Fsp3) is 0.533. The molecule has 3 nitrogen and oxygen atoms in total. The second-order valence-electron chi connectivity index (χ2n) is 5.47. The highest BCUT2D eigenvalue weighted by Gasteiger charge is 2.35. The SMILES string of the molecule is O=C(Cc1cccc(F)c1Br)C1CN2CCCC2CO1. The first-order valence-electron chi connectivity index (χ1n) is 6.96. The van der Waals surface area contributed by atoms with Gasteiger partial charge in [0.15, 0.2) is 5.78 Å². The summed E-state index contributed by atoms with van der Waals surface area (Å²) in [6, 6.07) is 5.26. The van der Waals surface area contributed by atoms with Crippen molar-refractivity contribution in [2.24, 2.45) is 0 Å². The molecule has 0 N–H and O–H groups in total. The lowest BCUT2D eigenvalue weighted by molar-refractivity contribution is -0.137. The molecule has 2 fully saturated rings. The molecule has 0 bridgehead atoms. The third kappa shape index (κ3) is 2.80. The van der Waals surface area contributed by atoms with Crippen molar-refractivity contribution in [3.63, 3.8) is 0 Å². The van der Waals surface area contributed by atoms with Gasteiger partial charge in [-0.3, -0.25) is 9.69 Å². The normalized spacial score (nSPS) is 26.5. The van der Waals surface area contributed by atoms with Crippen LogP contribution in [-0.2, 0) is 16.0 Å². The Labute approximate surface area is 126 Å². The Morgan fingerprint density at radius 2 is 2.35 bits per heavy atom. The van der Waals surface area contributed by atoms with Gasteiger partial charge in [-0.05, 0) is 46.9 Å². The summed E-state index contributed by atoms with van der Waals surface area (Å²) in [7, 11) is 0. The maximum Gasteiger partial charge on any atom is 0.167 e. The van der Waals surface area contributed by atoms with Gasteiger partial charge in [0.05, 0.1) is 11.1 Å². The summed E-state index contributed by atoms with van der Waals surface area (Å²) in [6.07, 6.45) is 2.18. The number of hydrogen-bond acceptors (Lipinski definition) is 3. The highest BCUT2D eigenvalue weighted by atomic mass is 79.9. The largest absolute Gasteiger partial charge is 0.367 e. The van der Waals surface area contributed by atoms with Gasteiger partial charge in [-0.15, -0.1) is 0 Å². The molecule has 0 spiro atoms. The number of rotatable bonds is 3. The number of ether oxygens (including phenoxy) is 1. The van der Waals surface area contributed by atoms with Gasteiger partial charge in [-0.25, -0.2) is 4.39 Å². The van der Waals surface area contributed by atoms with E-state index in [0.717, 1.165) is 13.0 Å². The molecule has 1 aromatic carbocycles. The highest BCUT2D eigenvalue weighted by molar-refractivity contribution is 9.10. The Hall–Kier alpha value is -0.780. The van der Waals surface area contributed by atoms with Crippen molar-refractivity contribution >= 4 is 21.7 Å². The Morgan fingerprint density at radius 1 is 1.50 bits per heavy atom. The Morgan fingerprint density at radius 3 is 3.20 bits per heavy atom. The van der Waals surface area contributed by atoms with E-state index < -0.39 is 0 Å². The van der Waals surface area contributed by atoms with Gasteiger partial charge in [0.25, 0.3) is 0 Å². The Kier molecular flexibility index (Phi) is 4.19. The summed E-state index contributed by atoms with van der Waals surface area (Å²) in [6.45, 7) is 2.37. The number of morpholine rings is 1. The summed E-state index contributed by atoms with van der Waals surface area (Å²) in [5.74, 6) is -0.305. The van der Waals surface area contributed by atoms with Gasteiger partial charge in [-0.2, -0.15) is 0 Å². The number of nitrogens with zero attached hydrogens (tertiary/aromatic N) is 1. The first-order chi connectivity index (χ1) is 9.65. The van der Waals surface area contributed by atoms with Crippen molar-refractivity contribution in [3.8, 4) is 0 Å². The molecule has 0 amide bonds. The number of fused-ring (bicyclic) bond motifs is 1. The quantitative estimate of drug-likeness (QED) is 0.846. The zero-order chi connectivity index (χ0) is 14.1. The van der Waals surface area contributed by atoms with Crippen molar-refractivity contribution in [2.45, 2.75) is 31.4 Å². The third-order valence-electron chi connectivity index (χ3n) is 4.14. The van der Waals surface area contributed by atoms with Crippen LogP contribution in [-0.4, -0.2) is 42.5 Å². The number of carbonyl (C=O) groups is 1. The molecule has 0 aliphatic carbocycles. The molecule has 108 valence electrons. The van der Waals surface area contributed by atoms with E-state index in [1.165, 1.54) is 12.5 Å². The molecular formula is C15H17BrFNO2. The van der Waals surface area contributed by atoms with Crippen molar-refractivity contribution in [3.05, 3.63) is 34.1 Å². The predicted octanol–water partition coefficient (Wildman–Crippen LogP) is 2.56. The number of Topliss-reactive ketones (excluding diaryl/α,β-unsaturated/α-hetero) is 1. The molecule has 2 heterocycles. The first-order valence-corrected chi connectivity index (χ1v) is 7.75. The lowest BCUT2D eigenvalue weighted by Gasteiger charge is -2.34. The van der Waals surface area contributed by atoms with Crippen molar-refractivity contribution in [1.82, 2.24) is 4.90 Å². The van der Waals surface area contributed by atoms with Gasteiger partial charge < -0.3 is 4.74 Å². The minimum Gasteiger partial charge on any atom is -0.367 e. The van der Waals surface area contributed by atoms with Crippen LogP contribution < -0.4 is 0 Å². The predicted molar refractivity (Wildman–Crippen MR) is 77.1 cm³/mol. The molecule has 1 aromatic rings. The van der Waals surface area contributed by atoms with E-state index in [4.69, 9.17) is 4.74 Å². The average Bonchev–Trinajstić information content (AvgIpc) is 2.91. The molecule has 0 aromatic heterocycles. The van der Waals surface area contributed by atoms with E-state index in [1.807, 2.05) is 0 Å². The summed E-state index contributed by atoms with van der Waals surface area (Å²) < 4.78 is 19.5. The van der Waals surface area contributed by atoms with Crippen LogP contribution in [0.5, 0.6) is 0 Å². The minimum absolute atomic E-state index is 0.0293. The molecule has 2 saturated heterocycles. The van der Waals surface area contributed by atoms with Crippen molar-refractivity contribution < 1.29 is 13.9 Å². The van der Waals surface area contributed by atoms with Crippen LogP contribution in [0.2, 0.25) is 0 Å². The van der Waals surface area contributed by atoms with Crippen LogP contribution in [0, 0.1) is 5.82 Å². The topological polar surface area (TPSA) is 29.5 Å². The van der Waals surface area contributed by atoms with E-state index in [9.17, 15) is 9.18 Å². The van der Waals surface area contributed by atoms with Gasteiger partial charge in [0.1, 0.15) is 11.9 Å². The molecule has 2 atom stereocenters. The van der Waals surface area contributed by atoms with E-state index in [1.54, 1.807) is 12.1 Å². The fourth-order valence-electron chi connectivity index (χ4n) is 3.00. The summed E-state index contributed by atoms with van der Waals surface area (Å²) in [5, 5.41) is 0. The maximum atomic E-state index is 13.5. The monoisotopic (exact) mass is 341 g/mol. The summed E-state index contributed by atoms with van der Waals surface area (Å²) >= 11 is 3.20. The second kappa shape index (κ2) is 5.92. The number of halogens is 2. The van der Waals surface area contributed by atoms with E-state index >= 15 is 0 Å². The molecule has 2 aliphatic rings. The van der Waals surface area contributed by atoms with E-state index in [2.05, 4.69) is 20.8 Å². The molecule has 3 rings (SSSR count). The van der Waals surface area contributed by atoms with Gasteiger partial charge in [-0.1, -0.05) is 12.1 Å². The van der Waals surface area contributed by atoms with Crippen LogP contribution in [0.4, 0.5) is 4.39 Å². The van der Waals surface area contributed by atoms with Crippen LogP contribution in [0.15, 0.2) is 22.7 Å². The zero-order valence-corrected chi connectivity index (χ0v) is 12.7. The standard InChI is InChI=1S/C15H17BrFNO2/c16-15-10(3-1-5-12(15)17)7-13(19)14-8-18-6-2-4-11(18)9-20-14/h1,3,5,11,14H,2,4,6-9H2. The lowest BCUT2D eigenvalue weighted by atomic mass is 10.0. The highest BCUT2D eigenvalue weighted by Crippen LogP contribution is 2.25. The molecule has 2 unspecified atom stereocenters. The van der Waals surface area contributed by atoms with Gasteiger partial charge >= 0.3 is 0 Å². The molecule has 5 heteroatoms. The van der Waals surface area contributed by atoms with Crippen molar-refractivity contribution in [2.75, 3.05) is 19.7 Å². The first kappa shape index (κ1) is 14.2. The number of ketones is 1. The molecular weight excluding hydrogens is 325 g/mol. The zero-order valence-electron chi connectivity index (χ0n) is 11.1. The molecule has 2 aliphatic heterocycles. The van der Waals surface area contributed by atoms with Crippen LogP contribution >= 0.6 is 15.9 Å². The molecule has 0 saturated carbocycles.